The highest BCUT2D eigenvalue weighted by molar-refractivity contribution is 8.01. The highest BCUT2D eigenvalue weighted by atomic mass is 32.2. The van der Waals surface area contributed by atoms with Gasteiger partial charge in [0.1, 0.15) is 0 Å². The maximum absolute atomic E-state index is 11.7. The summed E-state index contributed by atoms with van der Waals surface area (Å²) in [4.78, 5) is 13.5. The minimum absolute atomic E-state index is 0.0800. The molecule has 0 unspecified atom stereocenters. The Morgan fingerprint density at radius 3 is 2.48 bits per heavy atom. The number of aromatic nitrogens is 3. The summed E-state index contributed by atoms with van der Waals surface area (Å²) in [5, 5.41) is 13.1. The van der Waals surface area contributed by atoms with Crippen LogP contribution in [0.25, 0.3) is 0 Å². The molecule has 8 nitrogen and oxygen atoms in total. The van der Waals surface area contributed by atoms with Gasteiger partial charge < -0.3 is 10.4 Å². The number of hydrogen-bond donors (Lipinski definition) is 3. The quantitative estimate of drug-likeness (QED) is 0.238. The zero-order valence-electron chi connectivity index (χ0n) is 18.1. The van der Waals surface area contributed by atoms with Crippen LogP contribution in [0.4, 0.5) is 11.9 Å². The zero-order valence-corrected chi connectivity index (χ0v) is 20.6. The number of hydrogen-bond acceptors (Lipinski definition) is 9. The van der Waals surface area contributed by atoms with Crippen LogP contribution in [0.5, 0.6) is 0 Å². The average molecular weight is 484 g/mol. The molecule has 170 valence electrons. The molecule has 1 aromatic heterocycles. The van der Waals surface area contributed by atoms with Gasteiger partial charge in [0.2, 0.25) is 21.9 Å². The van der Waals surface area contributed by atoms with Crippen LogP contribution >= 0.6 is 24.0 Å². The predicted molar refractivity (Wildman–Crippen MR) is 130 cm³/mol. The third-order valence-corrected chi connectivity index (χ3v) is 6.21. The second-order valence-electron chi connectivity index (χ2n) is 7.52. The van der Waals surface area contributed by atoms with E-state index in [-0.39, 0.29) is 24.5 Å². The maximum Gasteiger partial charge on any atom is 0.242 e. The Kier molecular flexibility index (Phi) is 9.60. The van der Waals surface area contributed by atoms with E-state index in [2.05, 4.69) is 38.0 Å². The first-order valence-electron chi connectivity index (χ1n) is 9.96. The van der Waals surface area contributed by atoms with Crippen molar-refractivity contribution in [3.8, 4) is 0 Å². The molecule has 0 saturated carbocycles. The summed E-state index contributed by atoms with van der Waals surface area (Å²) in [5.41, 5.74) is 2.19. The summed E-state index contributed by atoms with van der Waals surface area (Å²) in [6.07, 6.45) is 2.61. The van der Waals surface area contributed by atoms with Crippen molar-refractivity contribution >= 4 is 50.8 Å². The fourth-order valence-electron chi connectivity index (χ4n) is 2.94. The van der Waals surface area contributed by atoms with Crippen LogP contribution in [0.15, 0.2) is 29.4 Å². The first-order valence-corrected chi connectivity index (χ1v) is 13.2. The summed E-state index contributed by atoms with van der Waals surface area (Å²) in [5.74, 6) is 0.931. The van der Waals surface area contributed by atoms with Crippen molar-refractivity contribution in [2.24, 2.45) is 5.92 Å². The second-order valence-corrected chi connectivity index (χ2v) is 10.7. The number of anilines is 2. The number of nitrogens with zero attached hydrogens (tertiary/aromatic N) is 3. The van der Waals surface area contributed by atoms with Crippen molar-refractivity contribution in [3.05, 3.63) is 35.4 Å². The van der Waals surface area contributed by atoms with Gasteiger partial charge in [-0.2, -0.15) is 15.0 Å². The second kappa shape index (κ2) is 11.7. The van der Waals surface area contributed by atoms with Crippen molar-refractivity contribution in [2.45, 2.75) is 44.8 Å². The van der Waals surface area contributed by atoms with Gasteiger partial charge in [-0.1, -0.05) is 69.0 Å². The Morgan fingerprint density at radius 2 is 1.87 bits per heavy atom. The molecule has 1 aromatic carbocycles. The van der Waals surface area contributed by atoms with Gasteiger partial charge in [0.25, 0.3) is 0 Å². The molecule has 0 saturated heterocycles. The van der Waals surface area contributed by atoms with Crippen molar-refractivity contribution in [3.63, 3.8) is 0 Å². The van der Waals surface area contributed by atoms with Crippen LogP contribution in [0.1, 0.15) is 38.3 Å². The highest BCUT2D eigenvalue weighted by Crippen LogP contribution is 2.21. The SMILES string of the molecule is CCc1ccccc1C(=S)CSc1nc(N[C@@H](CO)CC(C)C)nc(NS(C)(=O)=O)n1. The Labute approximate surface area is 193 Å². The molecule has 2 rings (SSSR count). The van der Waals surface area contributed by atoms with E-state index < -0.39 is 10.0 Å². The van der Waals surface area contributed by atoms with Crippen LogP contribution in [-0.4, -0.2) is 58.0 Å². The van der Waals surface area contributed by atoms with Crippen molar-refractivity contribution in [1.82, 2.24) is 15.0 Å². The predicted octanol–water partition coefficient (Wildman–Crippen LogP) is 3.13. The van der Waals surface area contributed by atoms with E-state index in [0.717, 1.165) is 23.1 Å². The summed E-state index contributed by atoms with van der Waals surface area (Å²) in [7, 11) is -3.56. The number of benzene rings is 1. The van der Waals surface area contributed by atoms with Gasteiger partial charge in [-0.3, -0.25) is 4.72 Å². The molecule has 0 aliphatic rings. The van der Waals surface area contributed by atoms with E-state index in [1.165, 1.54) is 17.3 Å². The van der Waals surface area contributed by atoms with E-state index >= 15 is 0 Å². The maximum atomic E-state index is 11.7. The van der Waals surface area contributed by atoms with E-state index in [1.54, 1.807) is 0 Å². The lowest BCUT2D eigenvalue weighted by Crippen LogP contribution is -2.27. The summed E-state index contributed by atoms with van der Waals surface area (Å²) in [6.45, 7) is 6.07. The van der Waals surface area contributed by atoms with Gasteiger partial charge in [-0.15, -0.1) is 0 Å². The average Bonchev–Trinajstić information content (AvgIpc) is 2.69. The first-order chi connectivity index (χ1) is 14.6. The molecule has 0 aliphatic carbocycles. The zero-order chi connectivity index (χ0) is 23.0. The molecule has 11 heteroatoms. The number of thioether (sulfide) groups is 1. The van der Waals surface area contributed by atoms with Crippen LogP contribution in [0.3, 0.4) is 0 Å². The molecule has 2 aromatic rings. The smallest absolute Gasteiger partial charge is 0.242 e. The molecule has 0 fully saturated rings. The van der Waals surface area contributed by atoms with Gasteiger partial charge in [0.05, 0.1) is 18.9 Å². The number of sulfonamides is 1. The monoisotopic (exact) mass is 483 g/mol. The van der Waals surface area contributed by atoms with Crippen molar-refractivity contribution < 1.29 is 13.5 Å². The Bertz CT molecular complexity index is 999. The molecule has 0 radical (unpaired) electrons. The van der Waals surface area contributed by atoms with Crippen molar-refractivity contribution in [1.29, 1.82) is 0 Å². The van der Waals surface area contributed by atoms with E-state index in [4.69, 9.17) is 12.2 Å². The number of aliphatic hydroxyl groups excluding tert-OH is 1. The fourth-order valence-corrected chi connectivity index (χ4v) is 4.45. The Hall–Kier alpha value is -1.82. The Morgan fingerprint density at radius 1 is 1.19 bits per heavy atom. The summed E-state index contributed by atoms with van der Waals surface area (Å²) < 4.78 is 25.6. The molecule has 31 heavy (non-hydrogen) atoms. The molecule has 0 amide bonds. The molecule has 1 atom stereocenters. The largest absolute Gasteiger partial charge is 0.394 e. The first kappa shape index (κ1) is 25.4. The number of nitrogens with one attached hydrogen (secondary N) is 2. The number of aliphatic hydroxyl groups is 1. The van der Waals surface area contributed by atoms with Gasteiger partial charge in [-0.25, -0.2) is 8.42 Å². The summed E-state index contributed by atoms with van der Waals surface area (Å²) >= 11 is 6.92. The van der Waals surface area contributed by atoms with E-state index in [0.29, 0.717) is 23.2 Å². The third-order valence-electron chi connectivity index (χ3n) is 4.23. The Balaban J connectivity index is 2.24. The topological polar surface area (TPSA) is 117 Å². The number of thiocarbonyl (C=S) groups is 1. The molecular formula is C20H29N5O3S3. The number of rotatable bonds is 12. The minimum Gasteiger partial charge on any atom is -0.394 e. The third kappa shape index (κ3) is 8.68. The lowest BCUT2D eigenvalue weighted by molar-refractivity contribution is 0.259. The number of aryl methyl sites for hydroxylation is 1. The minimum atomic E-state index is -3.56. The van der Waals surface area contributed by atoms with Crippen molar-refractivity contribution in [2.75, 3.05) is 28.7 Å². The van der Waals surface area contributed by atoms with Crippen LogP contribution < -0.4 is 10.0 Å². The molecule has 3 N–H and O–H groups in total. The van der Waals surface area contributed by atoms with Crippen LogP contribution in [0, 0.1) is 5.92 Å². The molecule has 0 bridgehead atoms. The van der Waals surface area contributed by atoms with E-state index in [1.807, 2.05) is 32.0 Å². The van der Waals surface area contributed by atoms with Crippen LogP contribution in [-0.2, 0) is 16.4 Å². The lowest BCUT2D eigenvalue weighted by Gasteiger charge is -2.18. The fraction of sp³-hybridized carbons (Fsp3) is 0.500. The van der Waals surface area contributed by atoms with E-state index in [9.17, 15) is 13.5 Å². The summed E-state index contributed by atoms with van der Waals surface area (Å²) in [6, 6.07) is 7.73. The molecule has 0 aliphatic heterocycles. The molecular weight excluding hydrogens is 454 g/mol. The van der Waals surface area contributed by atoms with Crippen LogP contribution in [0.2, 0.25) is 0 Å². The molecule has 0 spiro atoms. The normalized spacial score (nSPS) is 12.6. The highest BCUT2D eigenvalue weighted by Gasteiger charge is 2.16. The van der Waals surface area contributed by atoms with Gasteiger partial charge in [0, 0.05) is 10.6 Å². The molecule has 1 heterocycles. The van der Waals surface area contributed by atoms with Gasteiger partial charge in [-0.05, 0) is 29.9 Å². The van der Waals surface area contributed by atoms with Gasteiger partial charge in [0.15, 0.2) is 5.16 Å². The standard InChI is InChI=1S/C20H29N5O3S3/c1-5-14-8-6-7-9-16(14)17(29)12-30-20-23-18(21-15(11-26)10-13(2)3)22-19(24-20)25-31(4,27)28/h6-9,13,15,26H,5,10-12H2,1-4H3,(H2,21,22,23,24,25)/t15-/m1/s1. The lowest BCUT2D eigenvalue weighted by atomic mass is 10.0. The van der Waals surface area contributed by atoms with Gasteiger partial charge >= 0.3 is 0 Å².